The van der Waals surface area contributed by atoms with Crippen molar-refractivity contribution >= 4 is 27.2 Å². The molecule has 1 aliphatic rings. The summed E-state index contributed by atoms with van der Waals surface area (Å²) in [6.07, 6.45) is 5.53. The molecule has 2 amide bonds. The number of sulfone groups is 1. The number of pyridine rings is 1. The highest BCUT2D eigenvalue weighted by molar-refractivity contribution is 7.91. The van der Waals surface area contributed by atoms with Crippen LogP contribution in [0.25, 0.3) is 0 Å². The molecule has 0 aliphatic carbocycles. The zero-order valence-electron chi connectivity index (χ0n) is 15.6. The zero-order chi connectivity index (χ0) is 20.1. The van der Waals surface area contributed by atoms with E-state index < -0.39 is 21.7 Å². The number of amides is 2. The Labute approximate surface area is 163 Å². The topological polar surface area (TPSA) is 91.4 Å². The Morgan fingerprint density at radius 3 is 2.57 bits per heavy atom. The van der Waals surface area contributed by atoms with E-state index >= 15 is 0 Å². The molecule has 0 spiro atoms. The third kappa shape index (κ3) is 5.74. The molecule has 2 heterocycles. The molecule has 1 aromatic heterocycles. The van der Waals surface area contributed by atoms with E-state index in [0.717, 1.165) is 5.56 Å². The summed E-state index contributed by atoms with van der Waals surface area (Å²) in [6.45, 7) is 1.77. The van der Waals surface area contributed by atoms with Gasteiger partial charge in [-0.2, -0.15) is 0 Å². The second-order valence-corrected chi connectivity index (χ2v) is 9.30. The summed E-state index contributed by atoms with van der Waals surface area (Å²) in [5.41, 5.74) is 1.60. The van der Waals surface area contributed by atoms with E-state index in [-0.39, 0.29) is 5.25 Å². The summed E-state index contributed by atoms with van der Waals surface area (Å²) in [5, 5.41) is 4.95. The van der Waals surface area contributed by atoms with Gasteiger partial charge in [-0.3, -0.25) is 9.88 Å². The van der Waals surface area contributed by atoms with Crippen molar-refractivity contribution in [1.82, 2.24) is 9.88 Å². The molecule has 1 aliphatic heterocycles. The number of nitrogens with zero attached hydrogens (tertiary/aromatic N) is 2. The molecule has 28 heavy (non-hydrogen) atoms. The second kappa shape index (κ2) is 8.66. The first-order valence-electron chi connectivity index (χ1n) is 8.98. The standard InChI is InChI=1S/C19H23FN4O3S/c1-28(26,27)18-4-7-24(8-5-18)13-14-9-15(20)11-17(10-14)23-19(25)22-16-3-2-6-21-12-16/h2-3,6,9-12,18H,4-5,7-8,13H2,1H3,(H2,22,23,25). The minimum Gasteiger partial charge on any atom is -0.308 e. The Kier molecular flexibility index (Phi) is 6.25. The first kappa shape index (κ1) is 20.2. The number of carbonyl (C=O) groups is 1. The third-order valence-corrected chi connectivity index (χ3v) is 6.36. The molecule has 2 N–H and O–H groups in total. The summed E-state index contributed by atoms with van der Waals surface area (Å²) in [7, 11) is -3.02. The highest BCUT2D eigenvalue weighted by atomic mass is 32.2. The number of rotatable bonds is 5. The molecule has 3 rings (SSSR count). The van der Waals surface area contributed by atoms with E-state index in [4.69, 9.17) is 0 Å². The summed E-state index contributed by atoms with van der Waals surface area (Å²) in [6, 6.07) is 7.30. The van der Waals surface area contributed by atoms with E-state index in [0.29, 0.717) is 43.9 Å². The van der Waals surface area contributed by atoms with Gasteiger partial charge in [0.05, 0.1) is 17.1 Å². The molecule has 0 radical (unpaired) electrons. The fourth-order valence-corrected chi connectivity index (χ4v) is 4.36. The lowest BCUT2D eigenvalue weighted by Gasteiger charge is -2.31. The van der Waals surface area contributed by atoms with Crippen LogP contribution in [0, 0.1) is 5.82 Å². The van der Waals surface area contributed by atoms with Crippen molar-refractivity contribution in [1.29, 1.82) is 0 Å². The van der Waals surface area contributed by atoms with Gasteiger partial charge in [0.2, 0.25) is 0 Å². The van der Waals surface area contributed by atoms with E-state index in [2.05, 4.69) is 20.5 Å². The highest BCUT2D eigenvalue weighted by Crippen LogP contribution is 2.21. The third-order valence-electron chi connectivity index (χ3n) is 4.68. The van der Waals surface area contributed by atoms with Crippen LogP contribution in [0.4, 0.5) is 20.6 Å². The van der Waals surface area contributed by atoms with Gasteiger partial charge in [0.1, 0.15) is 15.7 Å². The lowest BCUT2D eigenvalue weighted by Crippen LogP contribution is -2.38. The quantitative estimate of drug-likeness (QED) is 0.797. The molecule has 7 nitrogen and oxygen atoms in total. The number of urea groups is 1. The number of hydrogen-bond donors (Lipinski definition) is 2. The fraction of sp³-hybridized carbons (Fsp3) is 0.368. The summed E-state index contributed by atoms with van der Waals surface area (Å²) in [5.74, 6) is -0.444. The van der Waals surface area contributed by atoms with Crippen LogP contribution in [0.5, 0.6) is 0 Å². The van der Waals surface area contributed by atoms with Crippen molar-refractivity contribution in [2.75, 3.05) is 30.0 Å². The average Bonchev–Trinajstić information content (AvgIpc) is 2.61. The van der Waals surface area contributed by atoms with Gasteiger partial charge in [0.15, 0.2) is 0 Å². The lowest BCUT2D eigenvalue weighted by atomic mass is 10.1. The first-order valence-corrected chi connectivity index (χ1v) is 10.9. The number of benzene rings is 1. The van der Waals surface area contributed by atoms with Crippen molar-refractivity contribution in [2.24, 2.45) is 0 Å². The van der Waals surface area contributed by atoms with Crippen LogP contribution in [-0.4, -0.2) is 48.9 Å². The Morgan fingerprint density at radius 2 is 1.93 bits per heavy atom. The largest absolute Gasteiger partial charge is 0.323 e. The van der Waals surface area contributed by atoms with E-state index in [9.17, 15) is 17.6 Å². The van der Waals surface area contributed by atoms with Crippen molar-refractivity contribution in [3.8, 4) is 0 Å². The van der Waals surface area contributed by atoms with Crippen LogP contribution >= 0.6 is 0 Å². The molecule has 9 heteroatoms. The monoisotopic (exact) mass is 406 g/mol. The summed E-state index contributed by atoms with van der Waals surface area (Å²) >= 11 is 0. The first-order chi connectivity index (χ1) is 13.3. The molecule has 1 aromatic carbocycles. The maximum atomic E-state index is 14.0. The van der Waals surface area contributed by atoms with Gasteiger partial charge in [-0.05, 0) is 61.8 Å². The van der Waals surface area contributed by atoms with Crippen molar-refractivity contribution in [3.63, 3.8) is 0 Å². The molecule has 0 saturated carbocycles. The van der Waals surface area contributed by atoms with Crippen LogP contribution in [0.1, 0.15) is 18.4 Å². The van der Waals surface area contributed by atoms with Gasteiger partial charge in [-0.15, -0.1) is 0 Å². The van der Waals surface area contributed by atoms with Gasteiger partial charge in [0, 0.05) is 24.7 Å². The number of piperidine rings is 1. The molecule has 0 unspecified atom stereocenters. The van der Waals surface area contributed by atoms with Crippen molar-refractivity contribution in [3.05, 3.63) is 54.1 Å². The van der Waals surface area contributed by atoms with E-state index in [1.54, 1.807) is 24.4 Å². The molecule has 1 fully saturated rings. The zero-order valence-corrected chi connectivity index (χ0v) is 16.4. The van der Waals surface area contributed by atoms with Gasteiger partial charge in [-0.25, -0.2) is 17.6 Å². The maximum Gasteiger partial charge on any atom is 0.323 e. The number of hydrogen-bond acceptors (Lipinski definition) is 5. The Bertz CT molecular complexity index is 929. The number of anilines is 2. The van der Waals surface area contributed by atoms with Gasteiger partial charge in [-0.1, -0.05) is 0 Å². The van der Waals surface area contributed by atoms with E-state index in [1.807, 2.05) is 0 Å². The molecule has 2 aromatic rings. The minimum atomic E-state index is -3.02. The number of carbonyl (C=O) groups excluding carboxylic acids is 1. The average molecular weight is 406 g/mol. The molecule has 1 saturated heterocycles. The van der Waals surface area contributed by atoms with E-state index in [1.165, 1.54) is 24.6 Å². The Hall–Kier alpha value is -2.52. The number of aromatic nitrogens is 1. The Balaban J connectivity index is 1.60. The molecule has 150 valence electrons. The maximum absolute atomic E-state index is 14.0. The SMILES string of the molecule is CS(=O)(=O)C1CCN(Cc2cc(F)cc(NC(=O)Nc3cccnc3)c2)CC1. The number of likely N-dealkylation sites (tertiary alicyclic amines) is 1. The predicted molar refractivity (Wildman–Crippen MR) is 106 cm³/mol. The smallest absolute Gasteiger partial charge is 0.308 e. The normalized spacial score (nSPS) is 15.9. The molecule has 0 atom stereocenters. The molecular formula is C19H23FN4O3S. The van der Waals surface area contributed by atoms with Crippen LogP contribution in [0.2, 0.25) is 0 Å². The molecule has 0 bridgehead atoms. The van der Waals surface area contributed by atoms with Crippen LogP contribution in [0.3, 0.4) is 0 Å². The van der Waals surface area contributed by atoms with Crippen LogP contribution < -0.4 is 10.6 Å². The van der Waals surface area contributed by atoms with Gasteiger partial charge >= 0.3 is 6.03 Å². The summed E-state index contributed by atoms with van der Waals surface area (Å²) in [4.78, 5) is 18.1. The van der Waals surface area contributed by atoms with Crippen molar-refractivity contribution < 1.29 is 17.6 Å². The predicted octanol–water partition coefficient (Wildman–Crippen LogP) is 2.87. The summed E-state index contributed by atoms with van der Waals surface area (Å²) < 4.78 is 37.3. The minimum absolute atomic E-state index is 0.301. The van der Waals surface area contributed by atoms with Gasteiger partial charge < -0.3 is 10.6 Å². The number of nitrogens with one attached hydrogen (secondary N) is 2. The van der Waals surface area contributed by atoms with Gasteiger partial charge in [0.25, 0.3) is 0 Å². The molecular weight excluding hydrogens is 383 g/mol. The lowest BCUT2D eigenvalue weighted by molar-refractivity contribution is 0.222. The van der Waals surface area contributed by atoms with Crippen LogP contribution in [-0.2, 0) is 16.4 Å². The Morgan fingerprint density at radius 1 is 1.21 bits per heavy atom. The van der Waals surface area contributed by atoms with Crippen molar-refractivity contribution in [2.45, 2.75) is 24.6 Å². The van der Waals surface area contributed by atoms with Crippen LogP contribution in [0.15, 0.2) is 42.7 Å². The second-order valence-electron chi connectivity index (χ2n) is 6.97. The fourth-order valence-electron chi connectivity index (χ4n) is 3.30. The highest BCUT2D eigenvalue weighted by Gasteiger charge is 2.26. The number of halogens is 1.